The fraction of sp³-hybridized carbons (Fsp3) is 0.429. The van der Waals surface area contributed by atoms with Crippen molar-refractivity contribution in [3.05, 3.63) is 71.4 Å². The van der Waals surface area contributed by atoms with Crippen LogP contribution in [-0.2, 0) is 17.8 Å². The van der Waals surface area contributed by atoms with Gasteiger partial charge in [0.2, 0.25) is 0 Å². The average Bonchev–Trinajstić information content (AvgIpc) is 2.89. The summed E-state index contributed by atoms with van der Waals surface area (Å²) in [6, 6.07) is 7.22. The van der Waals surface area contributed by atoms with Crippen LogP contribution in [0.3, 0.4) is 0 Å². The minimum atomic E-state index is -0.838. The van der Waals surface area contributed by atoms with Gasteiger partial charge in [-0.3, -0.25) is 9.88 Å². The van der Waals surface area contributed by atoms with Crippen LogP contribution in [0.2, 0.25) is 0 Å². The second kappa shape index (κ2) is 11.7. The molecule has 7 nitrogen and oxygen atoms in total. The van der Waals surface area contributed by atoms with Crippen molar-refractivity contribution in [2.45, 2.75) is 32.5 Å². The lowest BCUT2D eigenvalue weighted by Crippen LogP contribution is -2.46. The molecule has 2 fully saturated rings. The first-order chi connectivity index (χ1) is 18.4. The summed E-state index contributed by atoms with van der Waals surface area (Å²) in [4.78, 5) is 12.8. The minimum Gasteiger partial charge on any atom is -0.379 e. The molecular weight excluding hydrogens is 493 g/mol. The SMILES string of the molecule is CC1CC(N)CN(c2ccncc2NCc2ccc(F)c(-c3c(F)cc(CN4CCOCC4)cc3F)n2)C1. The van der Waals surface area contributed by atoms with Crippen molar-refractivity contribution in [1.82, 2.24) is 14.9 Å². The van der Waals surface area contributed by atoms with E-state index in [0.717, 1.165) is 30.9 Å². The van der Waals surface area contributed by atoms with Crippen LogP contribution >= 0.6 is 0 Å². The molecule has 202 valence electrons. The molecule has 0 amide bonds. The van der Waals surface area contributed by atoms with Crippen LogP contribution < -0.4 is 16.0 Å². The molecule has 0 spiro atoms. The number of ether oxygens (including phenoxy) is 1. The first-order valence-corrected chi connectivity index (χ1v) is 13.0. The number of hydrogen-bond acceptors (Lipinski definition) is 7. The Morgan fingerprint density at radius 2 is 1.82 bits per heavy atom. The highest BCUT2D eigenvalue weighted by molar-refractivity contribution is 5.69. The Hall–Kier alpha value is -3.21. The van der Waals surface area contributed by atoms with Crippen LogP contribution in [0, 0.1) is 23.4 Å². The third kappa shape index (κ3) is 6.09. The van der Waals surface area contributed by atoms with Gasteiger partial charge in [0.1, 0.15) is 23.1 Å². The molecule has 0 aliphatic carbocycles. The van der Waals surface area contributed by atoms with E-state index in [1.54, 1.807) is 12.4 Å². The summed E-state index contributed by atoms with van der Waals surface area (Å²) in [5.41, 5.74) is 8.11. The molecule has 2 unspecified atom stereocenters. The number of morpholine rings is 1. The number of pyridine rings is 2. The maximum absolute atomic E-state index is 15.1. The molecule has 4 heterocycles. The molecule has 5 rings (SSSR count). The molecule has 2 aliphatic heterocycles. The Morgan fingerprint density at radius 1 is 1.05 bits per heavy atom. The largest absolute Gasteiger partial charge is 0.379 e. The zero-order valence-corrected chi connectivity index (χ0v) is 21.5. The number of benzene rings is 1. The summed E-state index contributed by atoms with van der Waals surface area (Å²) in [6.07, 6.45) is 4.43. The van der Waals surface area contributed by atoms with E-state index in [-0.39, 0.29) is 18.3 Å². The molecule has 0 radical (unpaired) electrons. The van der Waals surface area contributed by atoms with Crippen LogP contribution in [0.25, 0.3) is 11.3 Å². The maximum Gasteiger partial charge on any atom is 0.149 e. The molecule has 2 aliphatic rings. The molecule has 1 aromatic carbocycles. The van der Waals surface area contributed by atoms with Crippen LogP contribution in [0.4, 0.5) is 24.5 Å². The lowest BCUT2D eigenvalue weighted by Gasteiger charge is -2.37. The Labute approximate surface area is 220 Å². The van der Waals surface area contributed by atoms with Crippen molar-refractivity contribution in [3.8, 4) is 11.3 Å². The number of aromatic nitrogens is 2. The summed E-state index contributed by atoms with van der Waals surface area (Å²) < 4.78 is 50.3. The molecule has 0 saturated carbocycles. The van der Waals surface area contributed by atoms with E-state index in [1.807, 2.05) is 6.07 Å². The highest BCUT2D eigenvalue weighted by Crippen LogP contribution is 2.31. The molecule has 2 aromatic heterocycles. The smallest absolute Gasteiger partial charge is 0.149 e. The molecule has 0 bridgehead atoms. The number of nitrogens with two attached hydrogens (primary N) is 1. The van der Waals surface area contributed by atoms with Crippen LogP contribution in [0.5, 0.6) is 0 Å². The second-order valence-corrected chi connectivity index (χ2v) is 10.2. The summed E-state index contributed by atoms with van der Waals surface area (Å²) in [6.45, 7) is 6.97. The number of nitrogens with zero attached hydrogens (tertiary/aromatic N) is 4. The van der Waals surface area contributed by atoms with Gasteiger partial charge in [-0.15, -0.1) is 0 Å². The van der Waals surface area contributed by atoms with E-state index < -0.39 is 23.0 Å². The topological polar surface area (TPSA) is 79.5 Å². The zero-order valence-electron chi connectivity index (χ0n) is 21.5. The van der Waals surface area contributed by atoms with E-state index in [0.29, 0.717) is 50.0 Å². The monoisotopic (exact) mass is 526 g/mol. The predicted octanol–water partition coefficient (Wildman–Crippen LogP) is 4.18. The second-order valence-electron chi connectivity index (χ2n) is 10.2. The van der Waals surface area contributed by atoms with Gasteiger partial charge in [0.25, 0.3) is 0 Å². The normalized spacial score (nSPS) is 20.5. The van der Waals surface area contributed by atoms with E-state index in [4.69, 9.17) is 10.5 Å². The third-order valence-corrected chi connectivity index (χ3v) is 7.04. The standard InChI is InChI=1S/C28H33F3N6O/c1-18-10-20(32)17-37(15-18)26-4-5-33-14-25(26)34-13-21-2-3-22(29)28(35-21)27-23(30)11-19(12-24(27)31)16-36-6-8-38-9-7-36/h2-5,11-12,14,18,20,34H,6-10,13,15-17,32H2,1H3. The molecule has 2 atom stereocenters. The molecular formula is C28H33F3N6O. The van der Waals surface area contributed by atoms with Gasteiger partial charge >= 0.3 is 0 Å². The van der Waals surface area contributed by atoms with Crippen LogP contribution in [0.15, 0.2) is 42.7 Å². The van der Waals surface area contributed by atoms with E-state index in [2.05, 4.69) is 32.0 Å². The predicted molar refractivity (Wildman–Crippen MR) is 141 cm³/mol. The van der Waals surface area contributed by atoms with Gasteiger partial charge in [0.05, 0.1) is 48.6 Å². The quantitative estimate of drug-likeness (QED) is 0.478. The van der Waals surface area contributed by atoms with E-state index >= 15 is 8.78 Å². The number of piperidine rings is 1. The van der Waals surface area contributed by atoms with Gasteiger partial charge in [-0.2, -0.15) is 0 Å². The molecule has 10 heteroatoms. The van der Waals surface area contributed by atoms with Crippen LogP contribution in [-0.4, -0.2) is 60.3 Å². The Morgan fingerprint density at radius 3 is 2.55 bits per heavy atom. The van der Waals surface area contributed by atoms with Crippen molar-refractivity contribution < 1.29 is 17.9 Å². The molecule has 3 aromatic rings. The van der Waals surface area contributed by atoms with Gasteiger partial charge in [-0.25, -0.2) is 18.2 Å². The Kier molecular flexibility index (Phi) is 8.11. The van der Waals surface area contributed by atoms with Gasteiger partial charge in [-0.05, 0) is 48.2 Å². The van der Waals surface area contributed by atoms with Crippen molar-refractivity contribution >= 4 is 11.4 Å². The summed E-state index contributed by atoms with van der Waals surface area (Å²) >= 11 is 0. The van der Waals surface area contributed by atoms with Gasteiger partial charge in [0, 0.05) is 45.0 Å². The summed E-state index contributed by atoms with van der Waals surface area (Å²) in [5, 5.41) is 3.31. The highest BCUT2D eigenvalue weighted by atomic mass is 19.1. The number of hydrogen-bond donors (Lipinski definition) is 2. The Bertz CT molecular complexity index is 1240. The molecule has 38 heavy (non-hydrogen) atoms. The van der Waals surface area contributed by atoms with Gasteiger partial charge < -0.3 is 20.7 Å². The van der Waals surface area contributed by atoms with Gasteiger partial charge in [0.15, 0.2) is 0 Å². The number of nitrogens with one attached hydrogen (secondary N) is 1. The van der Waals surface area contributed by atoms with Crippen molar-refractivity contribution in [2.75, 3.05) is 49.6 Å². The highest BCUT2D eigenvalue weighted by Gasteiger charge is 2.24. The fourth-order valence-electron chi connectivity index (χ4n) is 5.30. The lowest BCUT2D eigenvalue weighted by molar-refractivity contribution is 0.0341. The summed E-state index contributed by atoms with van der Waals surface area (Å²) in [5.74, 6) is -2.00. The zero-order chi connectivity index (χ0) is 26.6. The first kappa shape index (κ1) is 26.4. The van der Waals surface area contributed by atoms with Gasteiger partial charge in [-0.1, -0.05) is 6.92 Å². The van der Waals surface area contributed by atoms with E-state index in [1.165, 1.54) is 24.3 Å². The van der Waals surface area contributed by atoms with Crippen molar-refractivity contribution in [3.63, 3.8) is 0 Å². The first-order valence-electron chi connectivity index (χ1n) is 13.0. The van der Waals surface area contributed by atoms with Crippen LogP contribution in [0.1, 0.15) is 24.6 Å². The molecule has 3 N–H and O–H groups in total. The fourth-order valence-corrected chi connectivity index (χ4v) is 5.30. The lowest BCUT2D eigenvalue weighted by atomic mass is 9.96. The third-order valence-electron chi connectivity index (χ3n) is 7.04. The minimum absolute atomic E-state index is 0.0890. The van der Waals surface area contributed by atoms with E-state index in [9.17, 15) is 4.39 Å². The van der Waals surface area contributed by atoms with Crippen molar-refractivity contribution in [2.24, 2.45) is 11.7 Å². The number of rotatable bonds is 7. The number of anilines is 2. The number of halogens is 3. The average molecular weight is 527 g/mol. The Balaban J connectivity index is 1.34. The summed E-state index contributed by atoms with van der Waals surface area (Å²) in [7, 11) is 0. The maximum atomic E-state index is 15.1. The molecule has 2 saturated heterocycles. The van der Waals surface area contributed by atoms with Crippen molar-refractivity contribution in [1.29, 1.82) is 0 Å².